The van der Waals surface area contributed by atoms with Crippen molar-refractivity contribution >= 4 is 129 Å². The Balaban J connectivity index is 0.000000214. The van der Waals surface area contributed by atoms with Crippen LogP contribution in [0, 0.1) is 36.2 Å². The minimum absolute atomic E-state index is 0. The zero-order valence-electron chi connectivity index (χ0n) is 47.1. The third-order valence-electron chi connectivity index (χ3n) is 12.9. The first kappa shape index (κ1) is 67.2. The van der Waals surface area contributed by atoms with Crippen molar-refractivity contribution in [3.05, 3.63) is 210 Å². The molecule has 1 aliphatic carbocycles. The van der Waals surface area contributed by atoms with Crippen molar-refractivity contribution in [1.82, 2.24) is 59.9 Å². The van der Waals surface area contributed by atoms with E-state index in [0.29, 0.717) is 73.0 Å². The van der Waals surface area contributed by atoms with Crippen LogP contribution in [-0.2, 0) is 0 Å². The molecule has 32 nitrogen and oxygen atoms in total. The number of nitrogens with one attached hydrogen (secondary N) is 9. The van der Waals surface area contributed by atoms with Crippen LogP contribution >= 0.6 is 0 Å². The summed E-state index contributed by atoms with van der Waals surface area (Å²) >= 11 is 0. The van der Waals surface area contributed by atoms with E-state index in [1.807, 2.05) is 56.3 Å². The molecule has 13 rings (SSSR count). The molecule has 0 saturated heterocycles. The molecule has 6 aromatic carbocycles. The van der Waals surface area contributed by atoms with Gasteiger partial charge in [-0.3, -0.25) is 94.4 Å². The first-order valence-electron chi connectivity index (χ1n) is 26.4. The Morgan fingerprint density at radius 3 is 1.72 bits per heavy atom. The lowest BCUT2D eigenvalue weighted by molar-refractivity contribution is -0.385. The lowest BCUT2D eigenvalue weighted by Crippen LogP contribution is -2.22. The van der Waals surface area contributed by atoms with Crippen LogP contribution in [0.2, 0.25) is 13.6 Å². The van der Waals surface area contributed by atoms with E-state index in [9.17, 15) is 68.8 Å². The van der Waals surface area contributed by atoms with Crippen molar-refractivity contribution < 1.29 is 40.5 Å². The molecule has 0 atom stereocenters. The van der Waals surface area contributed by atoms with Gasteiger partial charge >= 0.3 is 20.1 Å². The van der Waals surface area contributed by atoms with Gasteiger partial charge in [0.1, 0.15) is 11.6 Å². The van der Waals surface area contributed by atoms with Gasteiger partial charge in [0.15, 0.2) is 5.82 Å². The third kappa shape index (κ3) is 15.5. The van der Waals surface area contributed by atoms with Crippen LogP contribution in [0.3, 0.4) is 0 Å². The predicted molar refractivity (Wildman–Crippen MR) is 342 cm³/mol. The Bertz CT molecular complexity index is 4840. The highest BCUT2D eigenvalue weighted by atomic mass is 19.1. The van der Waals surface area contributed by atoms with Crippen LogP contribution in [0.5, 0.6) is 0 Å². The minimum atomic E-state index is -1.45. The first-order chi connectivity index (χ1) is 42.0. The molecule has 0 amide bonds. The molecule has 90 heavy (non-hydrogen) atoms. The fourth-order valence-corrected chi connectivity index (χ4v) is 8.54. The molecule has 463 valence electrons. The molecule has 6 heterocycles. The van der Waals surface area contributed by atoms with Crippen molar-refractivity contribution in [2.75, 3.05) is 16.4 Å². The number of fused-ring (bicyclic) bond motifs is 5. The SMILES string of the molecule is C.CB(O)n1[nH]c(=O)c2ccc(N)cc21.CB(O)n1[nH]c(=O)c2ccc([N+](=O)[O-])cc21.CC.O=C(O)c1ccc([N+](=O)[O-])cc1F.O=c1[nH][nH]c2cc(Nc3nc(Nc4cc(C5CC5)[nH]n4)c4ccccc4n3)ccc12.O=c1[nH][nH]c2cc([N+](=O)[O-])ccc12.[2HH].[B]. The number of halogens is 1. The summed E-state index contributed by atoms with van der Waals surface area (Å²) in [5.41, 5.74) is 8.75. The Kier molecular flexibility index (Phi) is 21.6. The number of para-hydroxylation sites is 1. The first-order valence-corrected chi connectivity index (χ1v) is 26.4. The van der Waals surface area contributed by atoms with Gasteiger partial charge in [0, 0.05) is 74.6 Å². The van der Waals surface area contributed by atoms with Crippen LogP contribution in [0.15, 0.2) is 141 Å². The van der Waals surface area contributed by atoms with Gasteiger partial charge < -0.3 is 31.5 Å². The Hall–Kier alpha value is -11.9. The van der Waals surface area contributed by atoms with E-state index in [2.05, 4.69) is 61.4 Å². The number of hydrogen-bond donors (Lipinski definition) is 13. The number of nitro benzene ring substituents is 3. The minimum Gasteiger partial charge on any atom is -0.478 e. The van der Waals surface area contributed by atoms with Crippen molar-refractivity contribution in [3.63, 3.8) is 0 Å². The fraction of sp³-hybridized carbons (Fsp3) is 0.148. The van der Waals surface area contributed by atoms with Gasteiger partial charge in [-0.25, -0.2) is 14.2 Å². The molecule has 1 aliphatic rings. The second kappa shape index (κ2) is 29.0. The summed E-state index contributed by atoms with van der Waals surface area (Å²) in [6.45, 7) is 7.02. The average Bonchev–Trinajstić information content (AvgIpc) is 1.96. The number of carboxylic acids is 1. The number of nitro groups is 3. The number of carboxylic acid groups (broad SMARTS) is 1. The molecule has 0 unspecified atom stereocenters. The van der Waals surface area contributed by atoms with Crippen LogP contribution in [-0.4, -0.2) is 118 Å². The zero-order chi connectivity index (χ0) is 63.7. The van der Waals surface area contributed by atoms with E-state index in [0.717, 1.165) is 40.2 Å². The summed E-state index contributed by atoms with van der Waals surface area (Å²) < 4.78 is 15.3. The van der Waals surface area contributed by atoms with Crippen LogP contribution in [0.25, 0.3) is 54.5 Å². The van der Waals surface area contributed by atoms with Crippen LogP contribution < -0.4 is 38.6 Å². The molecule has 36 heteroatoms. The molecule has 1 saturated carbocycles. The summed E-state index contributed by atoms with van der Waals surface area (Å²) in [7, 11) is -1.73. The van der Waals surface area contributed by atoms with E-state index in [4.69, 9.17) is 10.8 Å². The van der Waals surface area contributed by atoms with Crippen molar-refractivity contribution in [2.45, 2.75) is 53.7 Å². The number of anilines is 5. The number of nitrogens with zero attached hydrogens (tertiary/aromatic N) is 8. The lowest BCUT2D eigenvalue weighted by Gasteiger charge is -2.10. The van der Waals surface area contributed by atoms with Gasteiger partial charge in [0.2, 0.25) is 5.95 Å². The highest BCUT2D eigenvalue weighted by Crippen LogP contribution is 2.40. The summed E-state index contributed by atoms with van der Waals surface area (Å²) in [6.07, 6.45) is 2.42. The smallest absolute Gasteiger partial charge is 0.429 e. The maximum atomic E-state index is 12.8. The Labute approximate surface area is 508 Å². The maximum absolute atomic E-state index is 12.8. The molecule has 12 aromatic rings. The predicted octanol–water partition coefficient (Wildman–Crippen LogP) is 7.68. The molecule has 3 radical (unpaired) electrons. The number of aromatic carboxylic acids is 1. The number of benzene rings is 6. The second-order valence-electron chi connectivity index (χ2n) is 18.9. The second-order valence-corrected chi connectivity index (χ2v) is 18.9. The fourth-order valence-electron chi connectivity index (χ4n) is 8.54. The quantitative estimate of drug-likeness (QED) is 0.0255. The van der Waals surface area contributed by atoms with Crippen molar-refractivity contribution in [3.8, 4) is 0 Å². The van der Waals surface area contributed by atoms with Crippen molar-refractivity contribution in [2.24, 2.45) is 0 Å². The van der Waals surface area contributed by atoms with E-state index in [-0.39, 0.29) is 50.9 Å². The topological polar surface area (TPSA) is 485 Å². The van der Waals surface area contributed by atoms with Gasteiger partial charge in [-0.05, 0) is 93.2 Å². The number of nitrogen functional groups attached to an aromatic ring is 1. The molecule has 0 spiro atoms. The molecule has 0 aliphatic heterocycles. The van der Waals surface area contributed by atoms with Gasteiger partial charge in [-0.15, -0.1) is 0 Å². The summed E-state index contributed by atoms with van der Waals surface area (Å²) in [4.78, 5) is 94.3. The summed E-state index contributed by atoms with van der Waals surface area (Å²) in [5.74, 6) is -0.103. The number of rotatable bonds is 11. The van der Waals surface area contributed by atoms with E-state index in [1.165, 1.54) is 65.2 Å². The molecule has 0 bridgehead atoms. The molecule has 6 aromatic heterocycles. The zero-order valence-corrected chi connectivity index (χ0v) is 47.1. The number of nitrogens with two attached hydrogens (primary N) is 1. The monoisotopic (exact) mass is 1230 g/mol. The number of non-ortho nitro benzene ring substituents is 3. The standard InChI is InChI=1S/C21H18N8O.C8H8BN3O4.C8H10BN3O2.C7H4FNO4.C7H5N3O3.C2H6.CH4.B.H2/c30-20-14-8-7-12(9-17(14)27-29-20)22-21-23-15-4-2-1-3-13(15)19(25-21)24-18-10-16(26-28-18)11-5-6-11;1-9(14)11-7-4-5(12(15)16)2-3-6(7)8(13)10-11;1-9(14)12-7-4-5(10)2-3-6(7)8(13)11-12;8-6-3-4(9(12)13)1-2-5(6)7(10)11;11-7-5-2-1-4(10(12)13)3-6(5)8-9-7;1-2;;;/h1-4,7-11H,5-6H2,(H2,27,29,30)(H3,22,23,24,25,26,28);2-4,14H,1H3,(H,10,13);2-4,14H,10H2,1H3,(H,11,13);1-3H,(H,10,11);1-3H,(H2,8,9,11);1-2H3;1H4;;1H/i;;;;;;;;1+1. The highest BCUT2D eigenvalue weighted by molar-refractivity contribution is 6.48. The largest absolute Gasteiger partial charge is 0.478 e. The van der Waals surface area contributed by atoms with E-state index in [1.54, 1.807) is 31.1 Å². The molecule has 14 N–H and O–H groups in total. The van der Waals surface area contributed by atoms with Gasteiger partial charge in [0.25, 0.3) is 39.3 Å². The number of carbonyl (C=O) groups is 1. The number of H-pyrrole nitrogens is 7. The number of aromatic nitrogens is 12. The van der Waals surface area contributed by atoms with Gasteiger partial charge in [0.05, 0.1) is 75.5 Å². The van der Waals surface area contributed by atoms with Gasteiger partial charge in [-0.1, -0.05) is 33.4 Å². The number of hydrogen-bond acceptors (Lipinski definition) is 19. The van der Waals surface area contributed by atoms with Crippen molar-refractivity contribution in [1.29, 1.82) is 0 Å². The van der Waals surface area contributed by atoms with Crippen LogP contribution in [0.1, 0.15) is 57.5 Å². The Morgan fingerprint density at radius 2 is 1.17 bits per heavy atom. The van der Waals surface area contributed by atoms with E-state index < -0.39 is 51.9 Å². The van der Waals surface area contributed by atoms with Gasteiger partial charge in [-0.2, -0.15) is 10.1 Å². The normalized spacial score (nSPS) is 11.1. The maximum Gasteiger partial charge on any atom is 0.429 e. The third-order valence-corrected chi connectivity index (χ3v) is 12.9. The summed E-state index contributed by atoms with van der Waals surface area (Å²) in [5, 5.41) is 90.3. The van der Waals surface area contributed by atoms with E-state index >= 15 is 0 Å². The molecular weight excluding hydrogens is 1180 g/mol. The highest BCUT2D eigenvalue weighted by Gasteiger charge is 2.26. The average molecular weight is 1230 g/mol. The number of aromatic amines is 7. The van der Waals surface area contributed by atoms with Crippen LogP contribution in [0.4, 0.5) is 50.4 Å². The summed E-state index contributed by atoms with van der Waals surface area (Å²) in [6, 6.07) is 30.5. The molecular formula is C54H57B3FN18O14. The lowest BCUT2D eigenvalue weighted by atomic mass is 9.89. The molecule has 1 fully saturated rings. The Morgan fingerprint density at radius 1 is 0.656 bits per heavy atom.